The van der Waals surface area contributed by atoms with Gasteiger partial charge in [-0.2, -0.15) is 0 Å². The van der Waals surface area contributed by atoms with Gasteiger partial charge in [0, 0.05) is 25.1 Å². The highest BCUT2D eigenvalue weighted by Crippen LogP contribution is 2.31. The standard InChI is InChI=1S/C17H22N4O3/c1-4-15-19-20-16(24-15)10-21(5-2)17(22)18-13-6-7-14-12(9-13)8-11(3)23-14/h6-7,9,11H,4-5,8,10H2,1-3H3,(H,18,22)/t11-/m0/s1. The number of benzene rings is 1. The second kappa shape index (κ2) is 6.90. The Morgan fingerprint density at radius 1 is 1.33 bits per heavy atom. The molecule has 128 valence electrons. The van der Waals surface area contributed by atoms with Gasteiger partial charge in [0.2, 0.25) is 11.8 Å². The Labute approximate surface area is 141 Å². The van der Waals surface area contributed by atoms with Gasteiger partial charge in [-0.25, -0.2) is 4.79 Å². The fourth-order valence-electron chi connectivity index (χ4n) is 2.69. The Kier molecular flexibility index (Phi) is 4.69. The van der Waals surface area contributed by atoms with Crippen molar-refractivity contribution >= 4 is 11.7 Å². The number of nitrogens with one attached hydrogen (secondary N) is 1. The zero-order valence-corrected chi connectivity index (χ0v) is 14.2. The minimum absolute atomic E-state index is 0.184. The Morgan fingerprint density at radius 2 is 2.12 bits per heavy atom. The summed E-state index contributed by atoms with van der Waals surface area (Å²) in [4.78, 5) is 14.1. The molecule has 0 saturated carbocycles. The predicted octanol–water partition coefficient (Wildman–Crippen LogP) is 3.01. The minimum atomic E-state index is -0.194. The Balaban J connectivity index is 1.65. The highest BCUT2D eigenvalue weighted by atomic mass is 16.5. The van der Waals surface area contributed by atoms with Crippen molar-refractivity contribution in [1.82, 2.24) is 15.1 Å². The number of fused-ring (bicyclic) bond motifs is 1. The van der Waals surface area contributed by atoms with E-state index in [9.17, 15) is 4.79 Å². The summed E-state index contributed by atoms with van der Waals surface area (Å²) in [6, 6.07) is 5.52. The lowest BCUT2D eigenvalue weighted by Gasteiger charge is -2.19. The van der Waals surface area contributed by atoms with E-state index in [1.165, 1.54) is 0 Å². The first-order chi connectivity index (χ1) is 11.6. The third-order valence-corrected chi connectivity index (χ3v) is 3.95. The van der Waals surface area contributed by atoms with Gasteiger partial charge in [-0.3, -0.25) is 0 Å². The molecule has 1 aromatic heterocycles. The zero-order chi connectivity index (χ0) is 17.1. The topological polar surface area (TPSA) is 80.5 Å². The van der Waals surface area contributed by atoms with E-state index in [2.05, 4.69) is 15.5 Å². The van der Waals surface area contributed by atoms with Crippen LogP contribution in [-0.2, 0) is 19.4 Å². The number of aryl methyl sites for hydroxylation is 1. The summed E-state index contributed by atoms with van der Waals surface area (Å²) < 4.78 is 11.2. The fourth-order valence-corrected chi connectivity index (χ4v) is 2.69. The molecule has 3 rings (SSSR count). The molecule has 0 spiro atoms. The lowest BCUT2D eigenvalue weighted by molar-refractivity contribution is 0.205. The average molecular weight is 330 g/mol. The van der Waals surface area contributed by atoms with Crippen LogP contribution in [0.15, 0.2) is 22.6 Å². The number of hydrogen-bond donors (Lipinski definition) is 1. The first kappa shape index (κ1) is 16.3. The van der Waals surface area contributed by atoms with Crippen molar-refractivity contribution in [3.63, 3.8) is 0 Å². The second-order valence-corrected chi connectivity index (χ2v) is 5.84. The minimum Gasteiger partial charge on any atom is -0.490 e. The number of anilines is 1. The molecule has 1 aliphatic rings. The highest BCUT2D eigenvalue weighted by molar-refractivity contribution is 5.89. The number of carbonyl (C=O) groups excluding carboxylic acids is 1. The van der Waals surface area contributed by atoms with E-state index in [-0.39, 0.29) is 12.1 Å². The van der Waals surface area contributed by atoms with Crippen LogP contribution >= 0.6 is 0 Å². The van der Waals surface area contributed by atoms with Gasteiger partial charge in [-0.05, 0) is 37.6 Å². The molecule has 24 heavy (non-hydrogen) atoms. The van der Waals surface area contributed by atoms with E-state index in [0.29, 0.717) is 31.3 Å². The van der Waals surface area contributed by atoms with Gasteiger partial charge in [0.15, 0.2) is 0 Å². The highest BCUT2D eigenvalue weighted by Gasteiger charge is 2.20. The molecule has 0 fully saturated rings. The summed E-state index contributed by atoms with van der Waals surface area (Å²) in [5.41, 5.74) is 1.88. The van der Waals surface area contributed by atoms with E-state index in [4.69, 9.17) is 9.15 Å². The van der Waals surface area contributed by atoms with Gasteiger partial charge in [0.1, 0.15) is 18.4 Å². The van der Waals surface area contributed by atoms with Crippen LogP contribution in [0.2, 0.25) is 0 Å². The Hall–Kier alpha value is -2.57. The van der Waals surface area contributed by atoms with Crippen molar-refractivity contribution in [2.75, 3.05) is 11.9 Å². The number of amides is 2. The maximum Gasteiger partial charge on any atom is 0.322 e. The second-order valence-electron chi connectivity index (χ2n) is 5.84. The van der Waals surface area contributed by atoms with Crippen molar-refractivity contribution in [2.45, 2.75) is 46.3 Å². The van der Waals surface area contributed by atoms with E-state index in [0.717, 1.165) is 23.4 Å². The van der Waals surface area contributed by atoms with E-state index in [1.807, 2.05) is 39.0 Å². The molecule has 0 aliphatic carbocycles. The largest absolute Gasteiger partial charge is 0.490 e. The molecule has 7 nitrogen and oxygen atoms in total. The summed E-state index contributed by atoms with van der Waals surface area (Å²) in [5, 5.41) is 10.8. The molecule has 2 aromatic rings. The maximum absolute atomic E-state index is 12.5. The molecule has 1 N–H and O–H groups in total. The van der Waals surface area contributed by atoms with Crippen LogP contribution in [0.3, 0.4) is 0 Å². The van der Waals surface area contributed by atoms with Gasteiger partial charge in [-0.15, -0.1) is 10.2 Å². The van der Waals surface area contributed by atoms with Gasteiger partial charge in [0.25, 0.3) is 0 Å². The lowest BCUT2D eigenvalue weighted by atomic mass is 10.1. The molecule has 0 unspecified atom stereocenters. The van der Waals surface area contributed by atoms with Crippen molar-refractivity contribution in [2.24, 2.45) is 0 Å². The molecule has 2 amide bonds. The monoisotopic (exact) mass is 330 g/mol. The van der Waals surface area contributed by atoms with Crippen LogP contribution in [-0.4, -0.2) is 33.8 Å². The van der Waals surface area contributed by atoms with Crippen LogP contribution in [0.5, 0.6) is 5.75 Å². The molecule has 2 heterocycles. The van der Waals surface area contributed by atoms with Gasteiger partial charge < -0.3 is 19.4 Å². The van der Waals surface area contributed by atoms with Crippen LogP contribution < -0.4 is 10.1 Å². The predicted molar refractivity (Wildman–Crippen MR) is 89.0 cm³/mol. The number of hydrogen-bond acceptors (Lipinski definition) is 5. The third kappa shape index (κ3) is 3.50. The van der Waals surface area contributed by atoms with Crippen LogP contribution in [0.1, 0.15) is 38.1 Å². The number of rotatable bonds is 5. The van der Waals surface area contributed by atoms with E-state index >= 15 is 0 Å². The van der Waals surface area contributed by atoms with Crippen molar-refractivity contribution < 1.29 is 13.9 Å². The maximum atomic E-state index is 12.5. The van der Waals surface area contributed by atoms with Crippen molar-refractivity contribution in [3.8, 4) is 5.75 Å². The molecule has 7 heteroatoms. The molecule has 1 aliphatic heterocycles. The molecular weight excluding hydrogens is 308 g/mol. The molecule has 0 radical (unpaired) electrons. The van der Waals surface area contributed by atoms with Crippen LogP contribution in [0.4, 0.5) is 10.5 Å². The number of aromatic nitrogens is 2. The van der Waals surface area contributed by atoms with Gasteiger partial charge >= 0.3 is 6.03 Å². The fraction of sp³-hybridized carbons (Fsp3) is 0.471. The quantitative estimate of drug-likeness (QED) is 0.911. The number of ether oxygens (including phenoxy) is 1. The van der Waals surface area contributed by atoms with Crippen LogP contribution in [0, 0.1) is 0 Å². The molecular formula is C17H22N4O3. The number of urea groups is 1. The first-order valence-electron chi connectivity index (χ1n) is 8.25. The SMILES string of the molecule is CCc1nnc(CN(CC)C(=O)Nc2ccc3c(c2)C[C@H](C)O3)o1. The lowest BCUT2D eigenvalue weighted by Crippen LogP contribution is -2.34. The van der Waals surface area contributed by atoms with Gasteiger partial charge in [-0.1, -0.05) is 6.92 Å². The first-order valence-corrected chi connectivity index (χ1v) is 8.25. The zero-order valence-electron chi connectivity index (χ0n) is 14.2. The molecule has 1 atom stereocenters. The van der Waals surface area contributed by atoms with Crippen molar-refractivity contribution in [3.05, 3.63) is 35.5 Å². The summed E-state index contributed by atoms with van der Waals surface area (Å²) in [6.45, 7) is 6.72. The molecule has 1 aromatic carbocycles. The summed E-state index contributed by atoms with van der Waals surface area (Å²) in [5.74, 6) is 1.92. The normalized spacial score (nSPS) is 15.7. The number of nitrogens with zero attached hydrogens (tertiary/aromatic N) is 3. The summed E-state index contributed by atoms with van der Waals surface area (Å²) in [7, 11) is 0. The molecule has 0 saturated heterocycles. The third-order valence-electron chi connectivity index (χ3n) is 3.95. The van der Waals surface area contributed by atoms with E-state index in [1.54, 1.807) is 4.90 Å². The van der Waals surface area contributed by atoms with E-state index < -0.39 is 0 Å². The summed E-state index contributed by atoms with van der Waals surface area (Å²) in [6.07, 6.45) is 1.72. The Morgan fingerprint density at radius 3 is 2.83 bits per heavy atom. The van der Waals surface area contributed by atoms with Crippen LogP contribution in [0.25, 0.3) is 0 Å². The van der Waals surface area contributed by atoms with Gasteiger partial charge in [0.05, 0.1) is 0 Å². The van der Waals surface area contributed by atoms with Crippen molar-refractivity contribution in [1.29, 1.82) is 0 Å². The average Bonchev–Trinajstić information content (AvgIpc) is 3.17. The molecule has 0 bridgehead atoms. The smallest absolute Gasteiger partial charge is 0.322 e. The summed E-state index contributed by atoms with van der Waals surface area (Å²) >= 11 is 0. The Bertz CT molecular complexity index is 728. The number of carbonyl (C=O) groups is 1.